The molecule has 0 amide bonds. The van der Waals surface area contributed by atoms with E-state index in [1.807, 2.05) is 26.0 Å². The number of phenolic OH excluding ortho intramolecular Hbond substituents is 1. The van der Waals surface area contributed by atoms with Gasteiger partial charge in [0.2, 0.25) is 0 Å². The summed E-state index contributed by atoms with van der Waals surface area (Å²) < 4.78 is 0. The minimum absolute atomic E-state index is 0.294. The van der Waals surface area contributed by atoms with Crippen molar-refractivity contribution in [2.75, 3.05) is 27.2 Å². The van der Waals surface area contributed by atoms with Gasteiger partial charge in [0.05, 0.1) is 0 Å². The fraction of sp³-hybridized carbons (Fsp3) is 0.625. The Hall–Kier alpha value is -0.770. The molecule has 4 heteroatoms. The predicted octanol–water partition coefficient (Wildman–Crippen LogP) is 3.60. The van der Waals surface area contributed by atoms with E-state index < -0.39 is 0 Å². The van der Waals surface area contributed by atoms with Crippen molar-refractivity contribution in [3.05, 3.63) is 28.8 Å². The average molecular weight is 299 g/mol. The molecule has 0 spiro atoms. The SMILES string of the molecule is CC.CN1CCC(N(C)Cc2ccc(Cl)cc2O)CC1. The minimum atomic E-state index is 0.294. The molecular formula is C16H27ClN2O. The Kier molecular flexibility index (Phi) is 7.35. The van der Waals surface area contributed by atoms with Gasteiger partial charge in [-0.25, -0.2) is 0 Å². The highest BCUT2D eigenvalue weighted by Crippen LogP contribution is 2.24. The van der Waals surface area contributed by atoms with Crippen LogP contribution in [-0.2, 0) is 6.54 Å². The third-order valence-corrected chi connectivity index (χ3v) is 4.01. The fourth-order valence-corrected chi connectivity index (χ4v) is 2.67. The molecule has 0 aromatic heterocycles. The molecule has 2 rings (SSSR count). The minimum Gasteiger partial charge on any atom is -0.508 e. The number of aromatic hydroxyl groups is 1. The highest BCUT2D eigenvalue weighted by molar-refractivity contribution is 6.30. The second-order valence-corrected chi connectivity index (χ2v) is 5.66. The molecule has 0 unspecified atom stereocenters. The zero-order valence-electron chi connectivity index (χ0n) is 13.1. The summed E-state index contributed by atoms with van der Waals surface area (Å²) in [5.74, 6) is 0.294. The van der Waals surface area contributed by atoms with E-state index in [9.17, 15) is 5.11 Å². The van der Waals surface area contributed by atoms with Crippen LogP contribution in [0.1, 0.15) is 32.3 Å². The summed E-state index contributed by atoms with van der Waals surface area (Å²) >= 11 is 5.84. The van der Waals surface area contributed by atoms with Crippen LogP contribution in [0.5, 0.6) is 5.75 Å². The van der Waals surface area contributed by atoms with Crippen LogP contribution in [0.3, 0.4) is 0 Å². The van der Waals surface area contributed by atoms with Crippen molar-refractivity contribution in [1.29, 1.82) is 0 Å². The molecule has 0 bridgehead atoms. The summed E-state index contributed by atoms with van der Waals surface area (Å²) in [4.78, 5) is 4.69. The van der Waals surface area contributed by atoms with Gasteiger partial charge in [-0.2, -0.15) is 0 Å². The van der Waals surface area contributed by atoms with Crippen LogP contribution in [0.2, 0.25) is 5.02 Å². The molecule has 1 N–H and O–H groups in total. The van der Waals surface area contributed by atoms with Gasteiger partial charge in [-0.1, -0.05) is 31.5 Å². The first kappa shape index (κ1) is 17.3. The smallest absolute Gasteiger partial charge is 0.121 e. The molecule has 1 heterocycles. The van der Waals surface area contributed by atoms with Crippen molar-refractivity contribution in [2.45, 2.75) is 39.3 Å². The summed E-state index contributed by atoms with van der Waals surface area (Å²) in [6.45, 7) is 7.08. The molecule has 1 aliphatic rings. The number of hydrogen-bond acceptors (Lipinski definition) is 3. The molecule has 114 valence electrons. The molecule has 1 aromatic rings. The van der Waals surface area contributed by atoms with E-state index in [-0.39, 0.29) is 0 Å². The number of piperidine rings is 1. The van der Waals surface area contributed by atoms with E-state index in [1.54, 1.807) is 6.07 Å². The lowest BCUT2D eigenvalue weighted by atomic mass is 10.0. The first-order chi connectivity index (χ1) is 9.56. The summed E-state index contributed by atoms with van der Waals surface area (Å²) in [5, 5.41) is 10.4. The van der Waals surface area contributed by atoms with Gasteiger partial charge in [-0.15, -0.1) is 0 Å². The Morgan fingerprint density at radius 2 is 1.90 bits per heavy atom. The lowest BCUT2D eigenvalue weighted by Gasteiger charge is -2.35. The summed E-state index contributed by atoms with van der Waals surface area (Å²) in [6, 6.07) is 5.96. The maximum Gasteiger partial charge on any atom is 0.121 e. The zero-order chi connectivity index (χ0) is 15.1. The molecule has 1 fully saturated rings. The summed E-state index contributed by atoms with van der Waals surface area (Å²) in [5.41, 5.74) is 0.945. The van der Waals surface area contributed by atoms with Gasteiger partial charge >= 0.3 is 0 Å². The van der Waals surface area contributed by atoms with Gasteiger partial charge in [0.25, 0.3) is 0 Å². The maximum atomic E-state index is 9.86. The van der Waals surface area contributed by atoms with Gasteiger partial charge in [0.15, 0.2) is 0 Å². The van der Waals surface area contributed by atoms with Crippen molar-refractivity contribution in [3.63, 3.8) is 0 Å². The van der Waals surface area contributed by atoms with Crippen LogP contribution >= 0.6 is 11.6 Å². The first-order valence-corrected chi connectivity index (χ1v) is 7.80. The van der Waals surface area contributed by atoms with Crippen molar-refractivity contribution in [2.24, 2.45) is 0 Å². The van der Waals surface area contributed by atoms with E-state index >= 15 is 0 Å². The van der Waals surface area contributed by atoms with Crippen LogP contribution in [-0.4, -0.2) is 48.1 Å². The highest BCUT2D eigenvalue weighted by atomic mass is 35.5. The molecule has 3 nitrogen and oxygen atoms in total. The number of nitrogens with zero attached hydrogens (tertiary/aromatic N) is 2. The van der Waals surface area contributed by atoms with Gasteiger partial charge < -0.3 is 10.0 Å². The van der Waals surface area contributed by atoms with E-state index in [2.05, 4.69) is 23.9 Å². The second kappa shape index (κ2) is 8.50. The molecule has 0 saturated carbocycles. The Labute approximate surface area is 128 Å². The van der Waals surface area contributed by atoms with E-state index in [0.29, 0.717) is 16.8 Å². The molecule has 0 atom stereocenters. The number of phenols is 1. The Morgan fingerprint density at radius 1 is 1.30 bits per heavy atom. The van der Waals surface area contributed by atoms with Crippen molar-refractivity contribution in [1.82, 2.24) is 9.80 Å². The molecule has 20 heavy (non-hydrogen) atoms. The molecule has 1 aromatic carbocycles. The van der Waals surface area contributed by atoms with Gasteiger partial charge in [-0.05, 0) is 52.2 Å². The van der Waals surface area contributed by atoms with Crippen LogP contribution in [0, 0.1) is 0 Å². The van der Waals surface area contributed by atoms with Gasteiger partial charge in [0.1, 0.15) is 5.75 Å². The monoisotopic (exact) mass is 298 g/mol. The van der Waals surface area contributed by atoms with Crippen LogP contribution in [0.15, 0.2) is 18.2 Å². The molecule has 0 radical (unpaired) electrons. The van der Waals surface area contributed by atoms with Gasteiger partial charge in [-0.3, -0.25) is 4.90 Å². The lowest BCUT2D eigenvalue weighted by Crippen LogP contribution is -2.41. The van der Waals surface area contributed by atoms with Crippen LogP contribution in [0.4, 0.5) is 0 Å². The maximum absolute atomic E-state index is 9.86. The molecule has 1 aliphatic heterocycles. The Morgan fingerprint density at radius 3 is 2.45 bits per heavy atom. The standard InChI is InChI=1S/C14H21ClN2O.C2H6/c1-16-7-5-13(6-8-16)17(2)10-11-3-4-12(15)9-14(11)18;1-2/h3-4,9,13,18H,5-8,10H2,1-2H3;1-2H3. The van der Waals surface area contributed by atoms with E-state index in [0.717, 1.165) is 25.2 Å². The second-order valence-electron chi connectivity index (χ2n) is 5.22. The third-order valence-electron chi connectivity index (χ3n) is 3.78. The molecule has 0 aliphatic carbocycles. The number of rotatable bonds is 3. The Bertz CT molecular complexity index is 403. The topological polar surface area (TPSA) is 26.7 Å². The number of benzene rings is 1. The Balaban J connectivity index is 0.000000956. The highest BCUT2D eigenvalue weighted by Gasteiger charge is 2.21. The number of likely N-dealkylation sites (tertiary alicyclic amines) is 1. The first-order valence-electron chi connectivity index (χ1n) is 7.42. The predicted molar refractivity (Wildman–Crippen MR) is 86.5 cm³/mol. The zero-order valence-corrected chi connectivity index (χ0v) is 13.8. The van der Waals surface area contributed by atoms with Crippen molar-refractivity contribution < 1.29 is 5.11 Å². The van der Waals surface area contributed by atoms with Crippen molar-refractivity contribution in [3.8, 4) is 5.75 Å². The van der Waals surface area contributed by atoms with E-state index in [1.165, 1.54) is 12.8 Å². The van der Waals surface area contributed by atoms with E-state index in [4.69, 9.17) is 11.6 Å². The lowest BCUT2D eigenvalue weighted by molar-refractivity contribution is 0.138. The largest absolute Gasteiger partial charge is 0.508 e. The van der Waals surface area contributed by atoms with Gasteiger partial charge in [0, 0.05) is 23.2 Å². The number of hydrogen-bond donors (Lipinski definition) is 1. The summed E-state index contributed by atoms with van der Waals surface area (Å²) in [6.07, 6.45) is 2.39. The normalized spacial score (nSPS) is 16.9. The van der Waals surface area contributed by atoms with Crippen LogP contribution in [0.25, 0.3) is 0 Å². The third kappa shape index (κ3) is 4.97. The van der Waals surface area contributed by atoms with Crippen molar-refractivity contribution >= 4 is 11.6 Å². The molecule has 1 saturated heterocycles. The summed E-state index contributed by atoms with van der Waals surface area (Å²) in [7, 11) is 4.30. The van der Waals surface area contributed by atoms with Crippen LogP contribution < -0.4 is 0 Å². The average Bonchev–Trinajstić information content (AvgIpc) is 2.45. The fourth-order valence-electron chi connectivity index (χ4n) is 2.50. The number of halogens is 1. The molecular weight excluding hydrogens is 272 g/mol. The quantitative estimate of drug-likeness (QED) is 0.924.